The van der Waals surface area contributed by atoms with E-state index in [4.69, 9.17) is 15.4 Å². The minimum atomic E-state index is -4.62. The fourth-order valence-electron chi connectivity index (χ4n) is 1.48. The van der Waals surface area contributed by atoms with E-state index in [0.29, 0.717) is 0 Å². The molecule has 0 unspecified atom stereocenters. The van der Waals surface area contributed by atoms with E-state index in [1.165, 1.54) is 19.2 Å². The molecule has 0 saturated heterocycles. The lowest BCUT2D eigenvalue weighted by Crippen LogP contribution is -2.28. The van der Waals surface area contributed by atoms with Gasteiger partial charge in [0.15, 0.2) is 0 Å². The van der Waals surface area contributed by atoms with Crippen molar-refractivity contribution in [3.8, 4) is 5.75 Å². The van der Waals surface area contributed by atoms with Crippen LogP contribution >= 0.6 is 10.7 Å². The summed E-state index contributed by atoms with van der Waals surface area (Å²) >= 11 is 0. The van der Waals surface area contributed by atoms with E-state index in [1.54, 1.807) is 0 Å². The fraction of sp³-hybridized carbons (Fsp3) is 0.364. The van der Waals surface area contributed by atoms with Crippen LogP contribution in [0.1, 0.15) is 12.0 Å². The number of ether oxygens (including phenoxy) is 1. The summed E-state index contributed by atoms with van der Waals surface area (Å²) in [4.78, 5) is 10.9. The van der Waals surface area contributed by atoms with Gasteiger partial charge in [0.2, 0.25) is 5.91 Å². The second-order valence-corrected chi connectivity index (χ2v) is 6.55. The van der Waals surface area contributed by atoms with Crippen LogP contribution in [0.15, 0.2) is 23.1 Å². The highest BCUT2D eigenvalue weighted by Gasteiger charge is 2.31. The van der Waals surface area contributed by atoms with Crippen LogP contribution in [-0.4, -0.2) is 27.6 Å². The molecular formula is C11H11ClF3NO4S. The molecule has 1 amide bonds. The zero-order chi connectivity index (χ0) is 16.3. The highest BCUT2D eigenvalue weighted by atomic mass is 35.7. The van der Waals surface area contributed by atoms with Gasteiger partial charge < -0.3 is 10.1 Å². The van der Waals surface area contributed by atoms with Crippen LogP contribution < -0.4 is 10.1 Å². The van der Waals surface area contributed by atoms with Crippen molar-refractivity contribution >= 4 is 25.6 Å². The van der Waals surface area contributed by atoms with Gasteiger partial charge in [0.05, 0.1) is 12.0 Å². The SMILES string of the molecule is COc1ccc(S(=O)(=O)Cl)cc1CNC(=O)CC(F)(F)F. The Labute approximate surface area is 123 Å². The normalized spacial score (nSPS) is 12.0. The van der Waals surface area contributed by atoms with E-state index < -0.39 is 27.6 Å². The molecule has 118 valence electrons. The van der Waals surface area contributed by atoms with Crippen molar-refractivity contribution < 1.29 is 31.1 Å². The van der Waals surface area contributed by atoms with Gasteiger partial charge in [-0.1, -0.05) is 0 Å². The third kappa shape index (κ3) is 5.80. The molecule has 0 aliphatic carbocycles. The Hall–Kier alpha value is -1.48. The zero-order valence-electron chi connectivity index (χ0n) is 10.7. The van der Waals surface area contributed by atoms with Gasteiger partial charge in [0, 0.05) is 22.8 Å². The predicted octanol–water partition coefficient (Wildman–Crippen LogP) is 2.19. The molecule has 0 bridgehead atoms. The Kier molecular flexibility index (Phi) is 5.46. The number of amides is 1. The first-order valence-electron chi connectivity index (χ1n) is 5.48. The standard InChI is InChI=1S/C11H11ClF3NO4S/c1-20-9-3-2-8(21(12,18)19)4-7(9)6-16-10(17)5-11(13,14)15/h2-4H,5-6H2,1H3,(H,16,17). The first-order chi connectivity index (χ1) is 9.53. The smallest absolute Gasteiger partial charge is 0.397 e. The largest absolute Gasteiger partial charge is 0.496 e. The maximum absolute atomic E-state index is 12.0. The monoisotopic (exact) mass is 345 g/mol. The van der Waals surface area contributed by atoms with Gasteiger partial charge in [-0.2, -0.15) is 13.2 Å². The van der Waals surface area contributed by atoms with Gasteiger partial charge >= 0.3 is 6.18 Å². The summed E-state index contributed by atoms with van der Waals surface area (Å²) in [7, 11) is 2.47. The van der Waals surface area contributed by atoms with E-state index in [1.807, 2.05) is 5.32 Å². The lowest BCUT2D eigenvalue weighted by Gasteiger charge is -2.11. The molecule has 0 aliphatic heterocycles. The molecule has 0 radical (unpaired) electrons. The Morgan fingerprint density at radius 2 is 2.00 bits per heavy atom. The molecule has 21 heavy (non-hydrogen) atoms. The van der Waals surface area contributed by atoms with Crippen LogP contribution in [0.4, 0.5) is 13.2 Å². The molecule has 0 heterocycles. The van der Waals surface area contributed by atoms with Gasteiger partial charge in [-0.05, 0) is 18.2 Å². The number of benzene rings is 1. The van der Waals surface area contributed by atoms with Gasteiger partial charge in [-0.3, -0.25) is 4.79 Å². The number of hydrogen-bond acceptors (Lipinski definition) is 4. The van der Waals surface area contributed by atoms with Crippen molar-refractivity contribution in [3.63, 3.8) is 0 Å². The van der Waals surface area contributed by atoms with Crippen LogP contribution in [0.5, 0.6) is 5.75 Å². The van der Waals surface area contributed by atoms with Crippen molar-refractivity contribution in [2.75, 3.05) is 7.11 Å². The minimum Gasteiger partial charge on any atom is -0.496 e. The summed E-state index contributed by atoms with van der Waals surface area (Å²) in [6.07, 6.45) is -6.24. The van der Waals surface area contributed by atoms with Crippen LogP contribution in [0.3, 0.4) is 0 Å². The second-order valence-electron chi connectivity index (χ2n) is 3.98. The number of carbonyl (C=O) groups is 1. The van der Waals surface area contributed by atoms with Gasteiger partial charge in [-0.25, -0.2) is 8.42 Å². The average molecular weight is 346 g/mol. The summed E-state index contributed by atoms with van der Waals surface area (Å²) < 4.78 is 63.4. The van der Waals surface area contributed by atoms with Crippen molar-refractivity contribution in [1.29, 1.82) is 0 Å². The van der Waals surface area contributed by atoms with Crippen molar-refractivity contribution in [3.05, 3.63) is 23.8 Å². The van der Waals surface area contributed by atoms with E-state index >= 15 is 0 Å². The number of halogens is 4. The first-order valence-corrected chi connectivity index (χ1v) is 7.79. The Balaban J connectivity index is 2.89. The molecule has 0 aromatic heterocycles. The maximum atomic E-state index is 12.0. The van der Waals surface area contributed by atoms with Crippen LogP contribution in [0, 0.1) is 0 Å². The van der Waals surface area contributed by atoms with Gasteiger partial charge in [0.25, 0.3) is 9.05 Å². The summed E-state index contributed by atoms with van der Waals surface area (Å²) in [5.41, 5.74) is 0.190. The lowest BCUT2D eigenvalue weighted by molar-refractivity contribution is -0.153. The minimum absolute atomic E-state index is 0.190. The summed E-state index contributed by atoms with van der Waals surface area (Å²) in [5.74, 6) is -1.02. The molecule has 0 atom stereocenters. The number of carbonyl (C=O) groups excluding carboxylic acids is 1. The number of alkyl halides is 3. The predicted molar refractivity (Wildman–Crippen MR) is 68.6 cm³/mol. The second kappa shape index (κ2) is 6.52. The maximum Gasteiger partial charge on any atom is 0.397 e. The quantitative estimate of drug-likeness (QED) is 0.830. The number of hydrogen-bond donors (Lipinski definition) is 1. The number of methoxy groups -OCH3 is 1. The average Bonchev–Trinajstić information content (AvgIpc) is 2.32. The Morgan fingerprint density at radius 1 is 1.38 bits per heavy atom. The van der Waals surface area contributed by atoms with Crippen molar-refractivity contribution in [1.82, 2.24) is 5.32 Å². The molecule has 10 heteroatoms. The molecule has 1 aromatic rings. The van der Waals surface area contributed by atoms with Crippen molar-refractivity contribution in [2.24, 2.45) is 0 Å². The highest BCUT2D eigenvalue weighted by Crippen LogP contribution is 2.25. The topological polar surface area (TPSA) is 72.5 Å². The molecule has 0 fully saturated rings. The summed E-state index contributed by atoms with van der Waals surface area (Å²) in [6.45, 7) is -0.321. The Bertz CT molecular complexity index is 631. The molecule has 0 spiro atoms. The van der Waals surface area contributed by atoms with E-state index in [9.17, 15) is 26.4 Å². The fourth-order valence-corrected chi connectivity index (χ4v) is 2.28. The molecule has 1 rings (SSSR count). The molecule has 5 nitrogen and oxygen atoms in total. The van der Waals surface area contributed by atoms with Crippen LogP contribution in [-0.2, 0) is 20.4 Å². The Morgan fingerprint density at radius 3 is 2.48 bits per heavy atom. The molecular weight excluding hydrogens is 335 g/mol. The molecule has 0 saturated carbocycles. The number of rotatable bonds is 5. The third-order valence-electron chi connectivity index (χ3n) is 2.37. The first kappa shape index (κ1) is 17.6. The van der Waals surface area contributed by atoms with E-state index in [2.05, 4.69) is 0 Å². The third-order valence-corrected chi connectivity index (χ3v) is 3.72. The van der Waals surface area contributed by atoms with E-state index in [0.717, 1.165) is 6.07 Å². The highest BCUT2D eigenvalue weighted by molar-refractivity contribution is 8.13. The van der Waals surface area contributed by atoms with Crippen molar-refractivity contribution in [2.45, 2.75) is 24.0 Å². The lowest BCUT2D eigenvalue weighted by atomic mass is 10.2. The zero-order valence-corrected chi connectivity index (χ0v) is 12.3. The summed E-state index contributed by atoms with van der Waals surface area (Å²) in [5, 5.41) is 2.03. The van der Waals surface area contributed by atoms with Gasteiger partial charge in [-0.15, -0.1) is 0 Å². The van der Waals surface area contributed by atoms with Crippen LogP contribution in [0.25, 0.3) is 0 Å². The molecule has 0 aliphatic rings. The van der Waals surface area contributed by atoms with E-state index in [-0.39, 0.29) is 22.8 Å². The molecule has 1 aromatic carbocycles. The number of nitrogens with one attached hydrogen (secondary N) is 1. The van der Waals surface area contributed by atoms with Gasteiger partial charge in [0.1, 0.15) is 12.2 Å². The molecule has 1 N–H and O–H groups in total. The summed E-state index contributed by atoms with van der Waals surface area (Å²) in [6, 6.07) is 3.59. The van der Waals surface area contributed by atoms with Crippen LogP contribution in [0.2, 0.25) is 0 Å².